The Hall–Kier alpha value is -1.71. The lowest BCUT2D eigenvalue weighted by Crippen LogP contribution is -2.03. The van der Waals surface area contributed by atoms with Crippen LogP contribution in [0.15, 0.2) is 17.1 Å². The second kappa shape index (κ2) is 5.24. The van der Waals surface area contributed by atoms with Crippen molar-refractivity contribution in [2.75, 3.05) is 5.73 Å². The van der Waals surface area contributed by atoms with Crippen LogP contribution >= 0.6 is 0 Å². The van der Waals surface area contributed by atoms with E-state index >= 15 is 0 Å². The number of hydrogen-bond donors (Lipinski definition) is 1. The van der Waals surface area contributed by atoms with E-state index in [4.69, 9.17) is 10.5 Å². The van der Waals surface area contributed by atoms with Crippen LogP contribution in [-0.4, -0.2) is 17.0 Å². The van der Waals surface area contributed by atoms with Crippen LogP contribution in [-0.2, 0) is 11.2 Å². The first kappa shape index (κ1) is 11.4. The smallest absolute Gasteiger partial charge is 0.157 e. The summed E-state index contributed by atoms with van der Waals surface area (Å²) in [5, 5.41) is 0. The minimum Gasteiger partial charge on any atom is -0.384 e. The summed E-state index contributed by atoms with van der Waals surface area (Å²) in [7, 11) is 0. The zero-order chi connectivity index (χ0) is 11.3. The van der Waals surface area contributed by atoms with Crippen molar-refractivity contribution in [1.82, 2.24) is 4.98 Å². The fourth-order valence-electron chi connectivity index (χ4n) is 1.34. The maximum Gasteiger partial charge on any atom is 0.157 e. The molecule has 0 aromatic carbocycles. The first-order chi connectivity index (χ1) is 7.17. The highest BCUT2D eigenvalue weighted by molar-refractivity contribution is 5.86. The molecule has 0 amide bonds. The largest absolute Gasteiger partial charge is 0.384 e. The molecule has 2 rings (SSSR count). The van der Waals surface area contributed by atoms with E-state index in [0.717, 1.165) is 30.7 Å². The monoisotopic (exact) mass is 205 g/mol. The molecule has 0 saturated heterocycles. The summed E-state index contributed by atoms with van der Waals surface area (Å²) in [5.74, 6) is 1.35. The van der Waals surface area contributed by atoms with E-state index in [1.807, 2.05) is 19.1 Å². The van der Waals surface area contributed by atoms with Crippen molar-refractivity contribution in [1.29, 1.82) is 0 Å². The Bertz CT molecular complexity index is 385. The lowest BCUT2D eigenvalue weighted by Gasteiger charge is -2.11. The van der Waals surface area contributed by atoms with Gasteiger partial charge >= 0.3 is 0 Å². The number of pyridine rings is 1. The molecule has 80 valence electrons. The quantitative estimate of drug-likeness (QED) is 0.658. The van der Waals surface area contributed by atoms with Gasteiger partial charge in [-0.15, -0.1) is 0 Å². The number of nitrogens with two attached hydrogens (primary N) is 1. The van der Waals surface area contributed by atoms with E-state index < -0.39 is 0 Å². The third kappa shape index (κ3) is 3.16. The molecular weight excluding hydrogens is 190 g/mol. The molecule has 0 saturated carbocycles. The minimum atomic E-state index is 0.548. The lowest BCUT2D eigenvalue weighted by atomic mass is 10.1. The molecule has 4 heteroatoms. The Morgan fingerprint density at radius 2 is 2.07 bits per heavy atom. The number of nitrogen functional groups attached to an aromatic ring is 1. The molecule has 1 aliphatic heterocycles. The van der Waals surface area contributed by atoms with Crippen molar-refractivity contribution in [2.24, 2.45) is 4.99 Å². The molecule has 0 bridgehead atoms. The van der Waals surface area contributed by atoms with Crippen molar-refractivity contribution in [3.05, 3.63) is 17.7 Å². The summed E-state index contributed by atoms with van der Waals surface area (Å²) < 4.78 is 0. The van der Waals surface area contributed by atoms with Gasteiger partial charge in [0.1, 0.15) is 12.1 Å². The van der Waals surface area contributed by atoms with Gasteiger partial charge in [-0.05, 0) is 38.3 Å². The first-order valence-corrected chi connectivity index (χ1v) is 4.86. The summed E-state index contributed by atoms with van der Waals surface area (Å²) in [6.07, 6.45) is 2.83. The number of carbonyl (C=O) groups excluding carboxylic acids is 1. The van der Waals surface area contributed by atoms with Crippen LogP contribution < -0.4 is 5.73 Å². The Labute approximate surface area is 89.2 Å². The van der Waals surface area contributed by atoms with Gasteiger partial charge in [-0.25, -0.2) is 9.98 Å². The topological polar surface area (TPSA) is 68.3 Å². The third-order valence-electron chi connectivity index (χ3n) is 2.03. The van der Waals surface area contributed by atoms with Gasteiger partial charge in [-0.3, -0.25) is 0 Å². The minimum absolute atomic E-state index is 0.548. The molecule has 0 fully saturated rings. The summed E-state index contributed by atoms with van der Waals surface area (Å²) in [5.41, 5.74) is 7.89. The van der Waals surface area contributed by atoms with Crippen LogP contribution in [0.25, 0.3) is 0 Å². The van der Waals surface area contributed by atoms with E-state index in [2.05, 4.69) is 9.98 Å². The molecule has 2 heterocycles. The Kier molecular flexibility index (Phi) is 3.97. The number of aromatic nitrogens is 1. The van der Waals surface area contributed by atoms with Gasteiger partial charge < -0.3 is 10.5 Å². The molecule has 1 aliphatic rings. The lowest BCUT2D eigenvalue weighted by molar-refractivity contribution is -0.106. The fourth-order valence-corrected chi connectivity index (χ4v) is 1.34. The van der Waals surface area contributed by atoms with Crippen LogP contribution in [0.3, 0.4) is 0 Å². The predicted octanol–water partition coefficient (Wildman–Crippen LogP) is 1.91. The van der Waals surface area contributed by atoms with Crippen LogP contribution in [0.2, 0.25) is 0 Å². The molecule has 0 unspecified atom stereocenters. The van der Waals surface area contributed by atoms with Crippen molar-refractivity contribution >= 4 is 23.6 Å². The molecule has 0 atom stereocenters. The fraction of sp³-hybridized carbons (Fsp3) is 0.364. The molecule has 0 spiro atoms. The standard InChI is InChI=1S/C9H11N3.C2H4O/c1-6-2-3-7-4-5-8(10)12-9(7)11-6;1-2-3/h4-5H,2-3H2,1H3,(H2,10,12);2H,1H3. The number of carbonyl (C=O) groups is 1. The van der Waals surface area contributed by atoms with Crippen molar-refractivity contribution in [2.45, 2.75) is 26.7 Å². The third-order valence-corrected chi connectivity index (χ3v) is 2.03. The first-order valence-electron chi connectivity index (χ1n) is 4.86. The second-order valence-corrected chi connectivity index (χ2v) is 3.30. The molecule has 15 heavy (non-hydrogen) atoms. The number of fused-ring (bicyclic) bond motifs is 1. The van der Waals surface area contributed by atoms with Crippen molar-refractivity contribution in [3.63, 3.8) is 0 Å². The van der Waals surface area contributed by atoms with Gasteiger partial charge in [0.15, 0.2) is 5.82 Å². The van der Waals surface area contributed by atoms with Crippen LogP contribution in [0.1, 0.15) is 25.8 Å². The molecule has 1 aromatic rings. The molecule has 4 nitrogen and oxygen atoms in total. The van der Waals surface area contributed by atoms with E-state index in [-0.39, 0.29) is 0 Å². The maximum absolute atomic E-state index is 8.81. The Balaban J connectivity index is 0.000000337. The zero-order valence-corrected chi connectivity index (χ0v) is 9.03. The molecule has 0 radical (unpaired) electrons. The van der Waals surface area contributed by atoms with Crippen molar-refractivity contribution in [3.8, 4) is 0 Å². The van der Waals surface area contributed by atoms with Gasteiger partial charge in [0.2, 0.25) is 0 Å². The van der Waals surface area contributed by atoms with E-state index in [0.29, 0.717) is 5.82 Å². The number of hydrogen-bond acceptors (Lipinski definition) is 4. The van der Waals surface area contributed by atoms with Gasteiger partial charge in [-0.1, -0.05) is 6.07 Å². The predicted molar refractivity (Wildman–Crippen MR) is 61.5 cm³/mol. The normalized spacial score (nSPS) is 13.1. The van der Waals surface area contributed by atoms with Gasteiger partial charge in [0.25, 0.3) is 0 Å². The summed E-state index contributed by atoms with van der Waals surface area (Å²) >= 11 is 0. The average Bonchev–Trinajstić information content (AvgIpc) is 2.18. The number of aldehydes is 1. The number of aliphatic imine (C=N–C) groups is 1. The van der Waals surface area contributed by atoms with E-state index in [1.165, 1.54) is 12.5 Å². The number of nitrogens with zero attached hydrogens (tertiary/aromatic N) is 2. The summed E-state index contributed by atoms with van der Waals surface area (Å²) in [6, 6.07) is 3.84. The molecular formula is C11H15N3O. The SMILES string of the molecule is CC1=Nc2nc(N)ccc2CC1.CC=O. The number of rotatable bonds is 0. The molecule has 0 aliphatic carbocycles. The molecule has 1 aromatic heterocycles. The van der Waals surface area contributed by atoms with Gasteiger partial charge in [-0.2, -0.15) is 0 Å². The highest BCUT2D eigenvalue weighted by Gasteiger charge is 2.09. The Morgan fingerprint density at radius 3 is 2.73 bits per heavy atom. The van der Waals surface area contributed by atoms with E-state index in [9.17, 15) is 0 Å². The summed E-state index contributed by atoms with van der Waals surface area (Å²) in [6.45, 7) is 3.47. The second-order valence-electron chi connectivity index (χ2n) is 3.30. The molecule has 2 N–H and O–H groups in total. The van der Waals surface area contributed by atoms with Crippen LogP contribution in [0.4, 0.5) is 11.6 Å². The number of aryl methyl sites for hydroxylation is 1. The highest BCUT2D eigenvalue weighted by Crippen LogP contribution is 2.24. The zero-order valence-electron chi connectivity index (χ0n) is 9.03. The Morgan fingerprint density at radius 1 is 1.40 bits per heavy atom. The van der Waals surface area contributed by atoms with Crippen LogP contribution in [0, 0.1) is 0 Å². The van der Waals surface area contributed by atoms with Crippen LogP contribution in [0.5, 0.6) is 0 Å². The van der Waals surface area contributed by atoms with E-state index in [1.54, 1.807) is 0 Å². The maximum atomic E-state index is 8.81. The highest BCUT2D eigenvalue weighted by atomic mass is 16.1. The van der Waals surface area contributed by atoms with Crippen molar-refractivity contribution < 1.29 is 4.79 Å². The average molecular weight is 205 g/mol. The van der Waals surface area contributed by atoms with Gasteiger partial charge in [0, 0.05) is 5.71 Å². The number of anilines is 1. The summed E-state index contributed by atoms with van der Waals surface area (Å²) in [4.78, 5) is 17.3. The van der Waals surface area contributed by atoms with Gasteiger partial charge in [0.05, 0.1) is 0 Å².